The monoisotopic (exact) mass is 367 g/mol. The summed E-state index contributed by atoms with van der Waals surface area (Å²) in [6.45, 7) is -0.390. The second kappa shape index (κ2) is 7.03. The van der Waals surface area contributed by atoms with Gasteiger partial charge in [0.1, 0.15) is 30.2 Å². The lowest BCUT2D eigenvalue weighted by molar-refractivity contribution is -0.0511. The molecule has 0 bridgehead atoms. The molecule has 0 aromatic carbocycles. The number of rotatable bonds is 2. The van der Waals surface area contributed by atoms with Crippen LogP contribution < -0.4 is 5.73 Å². The number of hydrogen-bond acceptors (Lipinski definition) is 9. The van der Waals surface area contributed by atoms with Crippen LogP contribution in [-0.2, 0) is 9.30 Å². The van der Waals surface area contributed by atoms with E-state index in [1.54, 1.807) is 0 Å². The summed E-state index contributed by atoms with van der Waals surface area (Å²) < 4.78 is 25.9. The zero-order chi connectivity index (χ0) is 18.1. The molecule has 1 fully saturated rings. The number of aliphatic hydroxyl groups excluding tert-OH is 3. The number of fused-ring (bicyclic) bond motifs is 1. The normalized spacial score (nSPS) is 27.1. The molecule has 0 spiro atoms. The number of aromatic nitrogens is 4. The van der Waals surface area contributed by atoms with Gasteiger partial charge in [-0.3, -0.25) is 14.4 Å². The van der Waals surface area contributed by atoms with E-state index in [4.69, 9.17) is 29.9 Å². The van der Waals surface area contributed by atoms with Crippen molar-refractivity contribution in [1.82, 2.24) is 19.5 Å². The first-order chi connectivity index (χ1) is 11.1. The van der Waals surface area contributed by atoms with E-state index in [2.05, 4.69) is 15.0 Å². The van der Waals surface area contributed by atoms with E-state index >= 15 is 0 Å². The molecule has 14 heteroatoms. The number of anilines is 1. The van der Waals surface area contributed by atoms with Crippen molar-refractivity contribution in [3.63, 3.8) is 0 Å². The van der Waals surface area contributed by atoms with Crippen LogP contribution in [0.3, 0.4) is 0 Å². The molecule has 134 valence electrons. The highest BCUT2D eigenvalue weighted by atomic mass is 31.2. The van der Waals surface area contributed by atoms with Gasteiger partial charge in [-0.1, -0.05) is 0 Å². The molecule has 2 aromatic rings. The zero-order valence-electron chi connectivity index (χ0n) is 11.9. The molecule has 7 N–H and O–H groups in total. The highest BCUT2D eigenvalue weighted by molar-refractivity contribution is 7.45. The lowest BCUT2D eigenvalue weighted by Crippen LogP contribution is -2.33. The Hall–Kier alpha value is -1.73. The quantitative estimate of drug-likeness (QED) is 0.323. The van der Waals surface area contributed by atoms with Gasteiger partial charge in [0.2, 0.25) is 0 Å². The van der Waals surface area contributed by atoms with Gasteiger partial charge in [0, 0.05) is 0 Å². The molecule has 0 radical (unpaired) electrons. The highest BCUT2D eigenvalue weighted by Crippen LogP contribution is 2.35. The van der Waals surface area contributed by atoms with Crippen molar-refractivity contribution >= 4 is 24.9 Å². The summed E-state index contributed by atoms with van der Waals surface area (Å²) in [6, 6.07) is 0. The van der Waals surface area contributed by atoms with Crippen molar-refractivity contribution in [2.75, 3.05) is 12.3 Å². The summed E-state index contributed by atoms with van der Waals surface area (Å²) in [5, 5.41) is 28.7. The standard InChI is InChI=1S/C10H13N5O4.FH2O3P/c11-8-5-9(13-2-12-8)15(3-14-5)10-7(18)6(17)4(1-16)19-10;1-5(2,3)4/h2-4,6-7,10,16-18H,1H2,(H2,11,12,13);(H2,2,3,4)/t4-,6-,7-,10-;/m1./s1. The number of aliphatic hydroxyl groups is 3. The first-order valence-electron chi connectivity index (χ1n) is 6.44. The maximum atomic E-state index is 10.4. The van der Waals surface area contributed by atoms with Crippen molar-refractivity contribution in [2.24, 2.45) is 0 Å². The van der Waals surface area contributed by atoms with E-state index in [1.165, 1.54) is 17.2 Å². The SMILES string of the molecule is Nc1ncnc2c1ncn2[C@@H]1O[C@H](CO)[C@@H](O)[C@H]1O.O=P(O)(O)F. The van der Waals surface area contributed by atoms with Crippen LogP contribution in [0.25, 0.3) is 11.2 Å². The predicted octanol–water partition coefficient (Wildman–Crippen LogP) is -1.93. The van der Waals surface area contributed by atoms with Crippen molar-refractivity contribution in [3.8, 4) is 0 Å². The Morgan fingerprint density at radius 3 is 2.46 bits per heavy atom. The molecule has 1 aliphatic heterocycles. The van der Waals surface area contributed by atoms with Gasteiger partial charge in [-0.2, -0.15) is 0 Å². The summed E-state index contributed by atoms with van der Waals surface area (Å²) in [4.78, 5) is 25.8. The summed E-state index contributed by atoms with van der Waals surface area (Å²) >= 11 is 0. The number of halogens is 1. The van der Waals surface area contributed by atoms with Gasteiger partial charge in [-0.25, -0.2) is 19.5 Å². The minimum atomic E-state index is -5.14. The van der Waals surface area contributed by atoms with Crippen molar-refractivity contribution in [1.29, 1.82) is 0 Å². The molecule has 4 atom stereocenters. The fraction of sp³-hybridized carbons (Fsp3) is 0.500. The third kappa shape index (κ3) is 4.02. The van der Waals surface area contributed by atoms with Crippen LogP contribution in [0.4, 0.5) is 10.0 Å². The molecule has 0 amide bonds. The highest BCUT2D eigenvalue weighted by Gasteiger charge is 2.43. The Morgan fingerprint density at radius 1 is 1.29 bits per heavy atom. The van der Waals surface area contributed by atoms with Crippen LogP contribution >= 0.6 is 7.91 Å². The van der Waals surface area contributed by atoms with Gasteiger partial charge >= 0.3 is 7.91 Å². The number of nitrogens with zero attached hydrogens (tertiary/aromatic N) is 4. The number of nitrogens with two attached hydrogens (primary N) is 1. The Kier molecular flexibility index (Phi) is 5.45. The summed E-state index contributed by atoms with van der Waals surface area (Å²) in [5.74, 6) is 0.218. The average molecular weight is 367 g/mol. The van der Waals surface area contributed by atoms with E-state index in [1.807, 2.05) is 0 Å². The lowest BCUT2D eigenvalue weighted by atomic mass is 10.1. The molecule has 3 rings (SSSR count). The van der Waals surface area contributed by atoms with E-state index in [9.17, 15) is 14.4 Å². The Morgan fingerprint density at radius 2 is 1.92 bits per heavy atom. The Balaban J connectivity index is 0.000000368. The largest absolute Gasteiger partial charge is 0.507 e. The molecule has 2 aromatic heterocycles. The number of nitrogen functional groups attached to an aromatic ring is 1. The van der Waals surface area contributed by atoms with Crippen molar-refractivity contribution < 1.29 is 38.6 Å². The minimum Gasteiger partial charge on any atom is -0.394 e. The third-order valence-corrected chi connectivity index (χ3v) is 3.18. The van der Waals surface area contributed by atoms with Crippen LogP contribution in [0.2, 0.25) is 0 Å². The summed E-state index contributed by atoms with van der Waals surface area (Å²) in [6.07, 6.45) is -1.42. The maximum absolute atomic E-state index is 10.4. The fourth-order valence-corrected chi connectivity index (χ4v) is 2.17. The fourth-order valence-electron chi connectivity index (χ4n) is 2.17. The average Bonchev–Trinajstić information content (AvgIpc) is 3.01. The maximum Gasteiger partial charge on any atom is 0.507 e. The van der Waals surface area contributed by atoms with Crippen LogP contribution in [0.5, 0.6) is 0 Å². The van der Waals surface area contributed by atoms with Crippen LogP contribution in [0.15, 0.2) is 12.7 Å². The molecular formula is C10H15FN5O7P. The van der Waals surface area contributed by atoms with E-state index < -0.39 is 39.1 Å². The Bertz CT molecular complexity index is 746. The molecule has 12 nitrogen and oxygen atoms in total. The number of imidazole rings is 1. The molecule has 0 aliphatic carbocycles. The van der Waals surface area contributed by atoms with E-state index in [-0.39, 0.29) is 5.82 Å². The number of hydrogen-bond donors (Lipinski definition) is 6. The van der Waals surface area contributed by atoms with Gasteiger partial charge in [0.25, 0.3) is 0 Å². The van der Waals surface area contributed by atoms with Gasteiger partial charge in [-0.15, -0.1) is 4.20 Å². The summed E-state index contributed by atoms with van der Waals surface area (Å²) in [5.41, 5.74) is 6.44. The third-order valence-electron chi connectivity index (χ3n) is 3.18. The summed E-state index contributed by atoms with van der Waals surface area (Å²) in [7, 11) is -5.14. The van der Waals surface area contributed by atoms with Crippen molar-refractivity contribution in [3.05, 3.63) is 12.7 Å². The minimum absolute atomic E-state index is 0.218. The van der Waals surface area contributed by atoms with Crippen LogP contribution in [0, 0.1) is 0 Å². The lowest BCUT2D eigenvalue weighted by Gasteiger charge is -2.16. The van der Waals surface area contributed by atoms with E-state index in [0.717, 1.165) is 0 Å². The first-order valence-corrected chi connectivity index (χ1v) is 7.94. The second-order valence-electron chi connectivity index (χ2n) is 4.78. The molecule has 0 unspecified atom stereocenters. The van der Waals surface area contributed by atoms with E-state index in [0.29, 0.717) is 11.2 Å². The molecule has 1 saturated heterocycles. The molecular weight excluding hydrogens is 352 g/mol. The van der Waals surface area contributed by atoms with Crippen LogP contribution in [-0.4, -0.2) is 69.5 Å². The number of ether oxygens (including phenoxy) is 1. The second-order valence-corrected chi connectivity index (χ2v) is 5.73. The van der Waals surface area contributed by atoms with Gasteiger partial charge < -0.3 is 25.8 Å². The molecule has 0 saturated carbocycles. The molecule has 3 heterocycles. The van der Waals surface area contributed by atoms with Gasteiger partial charge in [0.05, 0.1) is 12.9 Å². The predicted molar refractivity (Wildman–Crippen MR) is 75.9 cm³/mol. The van der Waals surface area contributed by atoms with Gasteiger partial charge in [0.15, 0.2) is 17.7 Å². The first kappa shape index (κ1) is 18.6. The Labute approximate surface area is 133 Å². The van der Waals surface area contributed by atoms with Crippen molar-refractivity contribution in [2.45, 2.75) is 24.5 Å². The zero-order valence-corrected chi connectivity index (χ0v) is 12.8. The topological polar surface area (TPSA) is 197 Å². The van der Waals surface area contributed by atoms with Gasteiger partial charge in [-0.05, 0) is 0 Å². The molecule has 24 heavy (non-hydrogen) atoms. The molecule has 1 aliphatic rings. The smallest absolute Gasteiger partial charge is 0.394 e. The van der Waals surface area contributed by atoms with Crippen LogP contribution in [0.1, 0.15) is 6.23 Å².